The molecular formula is C15H22ClN. The minimum absolute atomic E-state index is 0.314. The Kier molecular flexibility index (Phi) is 3.79. The third-order valence-corrected chi connectivity index (χ3v) is 4.44. The van der Waals surface area contributed by atoms with Crippen LogP contribution in [0.3, 0.4) is 0 Å². The molecule has 1 aromatic rings. The molecule has 0 radical (unpaired) electrons. The van der Waals surface area contributed by atoms with Gasteiger partial charge in [-0.25, -0.2) is 0 Å². The van der Waals surface area contributed by atoms with Gasteiger partial charge in [0.05, 0.1) is 0 Å². The molecule has 1 fully saturated rings. The molecule has 0 aliphatic heterocycles. The van der Waals surface area contributed by atoms with Crippen molar-refractivity contribution < 1.29 is 0 Å². The predicted molar refractivity (Wildman–Crippen MR) is 74.6 cm³/mol. The fraction of sp³-hybridized carbons (Fsp3) is 0.600. The molecule has 1 nitrogen and oxygen atoms in total. The first-order chi connectivity index (χ1) is 8.07. The Labute approximate surface area is 110 Å². The number of benzene rings is 1. The van der Waals surface area contributed by atoms with Gasteiger partial charge in [0.15, 0.2) is 0 Å². The highest BCUT2D eigenvalue weighted by molar-refractivity contribution is 6.30. The number of rotatable bonds is 4. The zero-order chi connectivity index (χ0) is 12.5. The molecule has 0 atom stereocenters. The van der Waals surface area contributed by atoms with E-state index in [1.807, 2.05) is 13.1 Å². The minimum Gasteiger partial charge on any atom is -0.319 e. The summed E-state index contributed by atoms with van der Waals surface area (Å²) in [4.78, 5) is 0. The first-order valence-electron chi connectivity index (χ1n) is 6.48. The summed E-state index contributed by atoms with van der Waals surface area (Å²) in [5, 5.41) is 4.20. The van der Waals surface area contributed by atoms with Crippen molar-refractivity contribution in [2.75, 3.05) is 13.6 Å². The fourth-order valence-electron chi connectivity index (χ4n) is 3.05. The second kappa shape index (κ2) is 4.99. The second-order valence-electron chi connectivity index (χ2n) is 5.73. The predicted octanol–water partition coefficient (Wildman–Crippen LogP) is 3.86. The van der Waals surface area contributed by atoms with Crippen molar-refractivity contribution in [3.63, 3.8) is 0 Å². The van der Waals surface area contributed by atoms with E-state index in [2.05, 4.69) is 37.4 Å². The van der Waals surface area contributed by atoms with Crippen molar-refractivity contribution in [3.8, 4) is 0 Å². The molecule has 1 N–H and O–H groups in total. The first kappa shape index (κ1) is 12.9. The minimum atomic E-state index is 0.314. The molecule has 0 spiro atoms. The van der Waals surface area contributed by atoms with E-state index in [1.165, 1.54) is 18.4 Å². The van der Waals surface area contributed by atoms with E-state index in [0.717, 1.165) is 23.4 Å². The summed E-state index contributed by atoms with van der Waals surface area (Å²) in [5.74, 6) is 1.65. The van der Waals surface area contributed by atoms with Gasteiger partial charge in [-0.3, -0.25) is 0 Å². The third kappa shape index (κ3) is 2.51. The monoisotopic (exact) mass is 251 g/mol. The van der Waals surface area contributed by atoms with Gasteiger partial charge in [0.1, 0.15) is 0 Å². The van der Waals surface area contributed by atoms with Gasteiger partial charge >= 0.3 is 0 Å². The summed E-state index contributed by atoms with van der Waals surface area (Å²) in [6.45, 7) is 5.70. The zero-order valence-electron chi connectivity index (χ0n) is 11.0. The van der Waals surface area contributed by atoms with E-state index < -0.39 is 0 Å². The molecule has 2 rings (SSSR count). The van der Waals surface area contributed by atoms with Gasteiger partial charge in [-0.2, -0.15) is 0 Å². The maximum atomic E-state index is 6.11. The molecule has 1 aromatic carbocycles. The lowest BCUT2D eigenvalue weighted by atomic mass is 9.56. The van der Waals surface area contributed by atoms with Gasteiger partial charge in [-0.1, -0.05) is 37.6 Å². The molecule has 1 aliphatic rings. The highest BCUT2D eigenvalue weighted by Crippen LogP contribution is 2.50. The molecule has 0 unspecified atom stereocenters. The van der Waals surface area contributed by atoms with Crippen molar-refractivity contribution in [3.05, 3.63) is 34.9 Å². The number of hydrogen-bond acceptors (Lipinski definition) is 1. The molecule has 0 amide bonds. The lowest BCUT2D eigenvalue weighted by Crippen LogP contribution is -2.49. The van der Waals surface area contributed by atoms with Crippen LogP contribution in [0.25, 0.3) is 0 Å². The Bertz CT molecular complexity index is 380. The van der Waals surface area contributed by atoms with Crippen molar-refractivity contribution >= 4 is 11.6 Å². The molecule has 1 saturated carbocycles. The van der Waals surface area contributed by atoms with Crippen LogP contribution in [-0.2, 0) is 5.41 Å². The topological polar surface area (TPSA) is 12.0 Å². The Morgan fingerprint density at radius 2 is 2.12 bits per heavy atom. The number of hydrogen-bond donors (Lipinski definition) is 1. The van der Waals surface area contributed by atoms with Crippen molar-refractivity contribution in [1.29, 1.82) is 0 Å². The lowest BCUT2D eigenvalue weighted by Gasteiger charge is -2.50. The van der Waals surface area contributed by atoms with Crippen LogP contribution in [0, 0.1) is 11.8 Å². The SMILES string of the molecule is CNCC1(c2cccc(Cl)c2)CC(C(C)C)C1. The molecule has 0 saturated heterocycles. The largest absolute Gasteiger partial charge is 0.319 e. The van der Waals surface area contributed by atoms with Gasteiger partial charge in [0.25, 0.3) is 0 Å². The number of halogens is 1. The van der Waals surface area contributed by atoms with Gasteiger partial charge in [0, 0.05) is 17.0 Å². The van der Waals surface area contributed by atoms with Crippen LogP contribution in [0.5, 0.6) is 0 Å². The lowest BCUT2D eigenvalue weighted by molar-refractivity contribution is 0.0996. The molecular weight excluding hydrogens is 230 g/mol. The summed E-state index contributed by atoms with van der Waals surface area (Å²) in [6, 6.07) is 8.38. The Morgan fingerprint density at radius 1 is 1.41 bits per heavy atom. The Hall–Kier alpha value is -0.530. The quantitative estimate of drug-likeness (QED) is 0.857. The van der Waals surface area contributed by atoms with Crippen molar-refractivity contribution in [1.82, 2.24) is 5.32 Å². The van der Waals surface area contributed by atoms with Crippen LogP contribution in [0.1, 0.15) is 32.3 Å². The van der Waals surface area contributed by atoms with Crippen molar-refractivity contribution in [2.45, 2.75) is 32.1 Å². The summed E-state index contributed by atoms with van der Waals surface area (Å²) in [7, 11) is 2.04. The Morgan fingerprint density at radius 3 is 2.65 bits per heavy atom. The van der Waals surface area contributed by atoms with E-state index in [0.29, 0.717) is 5.41 Å². The molecule has 2 heteroatoms. The highest BCUT2D eigenvalue weighted by atomic mass is 35.5. The molecule has 1 aliphatic carbocycles. The number of likely N-dealkylation sites (N-methyl/N-ethyl adjacent to an activating group) is 1. The Balaban J connectivity index is 2.20. The van der Waals surface area contributed by atoms with Crippen LogP contribution in [0.4, 0.5) is 0 Å². The zero-order valence-corrected chi connectivity index (χ0v) is 11.7. The molecule has 0 heterocycles. The van der Waals surface area contributed by atoms with E-state index in [1.54, 1.807) is 0 Å². The average Bonchev–Trinajstić information content (AvgIpc) is 2.22. The first-order valence-corrected chi connectivity index (χ1v) is 6.86. The smallest absolute Gasteiger partial charge is 0.0408 e. The molecule has 0 aromatic heterocycles. The van der Waals surface area contributed by atoms with E-state index in [4.69, 9.17) is 11.6 Å². The average molecular weight is 252 g/mol. The molecule has 94 valence electrons. The maximum absolute atomic E-state index is 6.11. The van der Waals surface area contributed by atoms with Gasteiger partial charge in [0.2, 0.25) is 0 Å². The van der Waals surface area contributed by atoms with Crippen LogP contribution >= 0.6 is 11.6 Å². The van der Waals surface area contributed by atoms with Crippen LogP contribution < -0.4 is 5.32 Å². The summed E-state index contributed by atoms with van der Waals surface area (Å²) in [5.41, 5.74) is 1.71. The van der Waals surface area contributed by atoms with E-state index in [-0.39, 0.29) is 0 Å². The van der Waals surface area contributed by atoms with E-state index >= 15 is 0 Å². The summed E-state index contributed by atoms with van der Waals surface area (Å²) in [6.07, 6.45) is 2.57. The summed E-state index contributed by atoms with van der Waals surface area (Å²) < 4.78 is 0. The molecule has 17 heavy (non-hydrogen) atoms. The van der Waals surface area contributed by atoms with Gasteiger partial charge in [-0.15, -0.1) is 0 Å². The standard InChI is InChI=1S/C15H22ClN/c1-11(2)12-8-15(9-12,10-17-3)13-5-4-6-14(16)7-13/h4-7,11-12,17H,8-10H2,1-3H3. The third-order valence-electron chi connectivity index (χ3n) is 4.20. The normalized spacial score (nSPS) is 28.2. The van der Waals surface area contributed by atoms with Gasteiger partial charge in [-0.05, 0) is 49.4 Å². The fourth-order valence-corrected chi connectivity index (χ4v) is 3.24. The van der Waals surface area contributed by atoms with Crippen LogP contribution in [-0.4, -0.2) is 13.6 Å². The summed E-state index contributed by atoms with van der Waals surface area (Å²) >= 11 is 6.11. The van der Waals surface area contributed by atoms with E-state index in [9.17, 15) is 0 Å². The van der Waals surface area contributed by atoms with Crippen LogP contribution in [0.15, 0.2) is 24.3 Å². The van der Waals surface area contributed by atoms with Crippen molar-refractivity contribution in [2.24, 2.45) is 11.8 Å². The highest BCUT2D eigenvalue weighted by Gasteiger charge is 2.45. The molecule has 0 bridgehead atoms. The second-order valence-corrected chi connectivity index (χ2v) is 6.17. The number of nitrogens with one attached hydrogen (secondary N) is 1. The maximum Gasteiger partial charge on any atom is 0.0408 e. The van der Waals surface area contributed by atoms with Crippen LogP contribution in [0.2, 0.25) is 5.02 Å². The van der Waals surface area contributed by atoms with Gasteiger partial charge < -0.3 is 5.32 Å².